The highest BCUT2D eigenvalue weighted by Gasteiger charge is 2.43. The van der Waals surface area contributed by atoms with Crippen molar-refractivity contribution in [1.29, 1.82) is 5.26 Å². The van der Waals surface area contributed by atoms with Crippen LogP contribution in [0.1, 0.15) is 23.6 Å². The first-order valence-electron chi connectivity index (χ1n) is 6.28. The van der Waals surface area contributed by atoms with E-state index in [0.717, 1.165) is 17.9 Å². The van der Waals surface area contributed by atoms with Crippen LogP contribution in [0.3, 0.4) is 0 Å². The number of alkyl halides is 3. The molecule has 0 saturated carbocycles. The van der Waals surface area contributed by atoms with E-state index in [1.54, 1.807) is 0 Å². The van der Waals surface area contributed by atoms with Crippen molar-refractivity contribution in [2.45, 2.75) is 32.2 Å². The van der Waals surface area contributed by atoms with Gasteiger partial charge in [0, 0.05) is 0 Å². The van der Waals surface area contributed by atoms with Crippen molar-refractivity contribution in [3.8, 4) is 6.07 Å². The Hall–Kier alpha value is -2.56. The molecule has 1 amide bonds. The minimum Gasteiger partial charge on any atom is -0.443 e. The van der Waals surface area contributed by atoms with E-state index in [9.17, 15) is 22.8 Å². The predicted molar refractivity (Wildman–Crippen MR) is 69.2 cm³/mol. The number of aldehydes is 1. The summed E-state index contributed by atoms with van der Waals surface area (Å²) in [5, 5.41) is 8.84. The number of carbonyl (C=O) groups is 2. The van der Waals surface area contributed by atoms with E-state index in [2.05, 4.69) is 0 Å². The van der Waals surface area contributed by atoms with Gasteiger partial charge in [-0.15, -0.1) is 0 Å². The number of hydrogen-bond acceptors (Lipinski definition) is 4. The van der Waals surface area contributed by atoms with E-state index in [1.165, 1.54) is 19.1 Å². The fourth-order valence-electron chi connectivity index (χ4n) is 2.47. The average molecular weight is 312 g/mol. The van der Waals surface area contributed by atoms with E-state index in [0.29, 0.717) is 6.29 Å². The molecule has 2 rings (SSSR count). The Balaban J connectivity index is 2.66. The molecule has 1 aromatic carbocycles. The molecule has 5 nitrogen and oxygen atoms in total. The second-order valence-corrected chi connectivity index (χ2v) is 4.83. The molecule has 116 valence electrons. The number of benzene rings is 1. The second-order valence-electron chi connectivity index (χ2n) is 4.83. The first kappa shape index (κ1) is 15.8. The number of nitrogens with zero attached hydrogens (tertiary/aromatic N) is 2. The third-order valence-electron chi connectivity index (χ3n) is 3.50. The Kier molecular flexibility index (Phi) is 3.83. The third-order valence-corrected chi connectivity index (χ3v) is 3.50. The molecule has 0 unspecified atom stereocenters. The molecule has 1 aliphatic heterocycles. The zero-order valence-corrected chi connectivity index (χ0v) is 11.6. The molecule has 8 heteroatoms. The Morgan fingerprint density at radius 2 is 2.05 bits per heavy atom. The molecule has 1 aromatic rings. The highest BCUT2D eigenvalue weighted by atomic mass is 19.4. The highest BCUT2D eigenvalue weighted by Crippen LogP contribution is 2.39. The standard InChI is InChI=1S/C14H11F3N2O3/c1-7-10(19-11(6-20)8(2)22-13(19)21)4-3-9(5-18)12(7)14(15,16)17/h3-4,6,8,11H,1-2H3/t8-,11-/m0/s1. The smallest absolute Gasteiger partial charge is 0.418 e. The molecule has 2 atom stereocenters. The number of ether oxygens (including phenoxy) is 1. The maximum atomic E-state index is 13.2. The summed E-state index contributed by atoms with van der Waals surface area (Å²) in [6.07, 6.45) is -5.97. The lowest BCUT2D eigenvalue weighted by Gasteiger charge is -2.23. The number of amides is 1. The van der Waals surface area contributed by atoms with E-state index < -0.39 is 35.5 Å². The van der Waals surface area contributed by atoms with E-state index in [1.807, 2.05) is 0 Å². The van der Waals surface area contributed by atoms with Crippen LogP contribution in [-0.2, 0) is 15.7 Å². The number of carbonyl (C=O) groups excluding carboxylic acids is 2. The van der Waals surface area contributed by atoms with Crippen molar-refractivity contribution < 1.29 is 27.5 Å². The molecule has 1 saturated heterocycles. The molecule has 0 aliphatic carbocycles. The van der Waals surface area contributed by atoms with Gasteiger partial charge in [-0.05, 0) is 31.5 Å². The molecule has 0 spiro atoms. The molecule has 0 aromatic heterocycles. The molecule has 0 radical (unpaired) electrons. The largest absolute Gasteiger partial charge is 0.443 e. The molecule has 1 heterocycles. The van der Waals surface area contributed by atoms with Gasteiger partial charge in [0.1, 0.15) is 18.4 Å². The molecule has 1 fully saturated rings. The van der Waals surface area contributed by atoms with Gasteiger partial charge in [0.15, 0.2) is 0 Å². The van der Waals surface area contributed by atoms with Crippen molar-refractivity contribution in [3.05, 3.63) is 28.8 Å². The maximum Gasteiger partial charge on any atom is 0.418 e. The quantitative estimate of drug-likeness (QED) is 0.787. The van der Waals surface area contributed by atoms with Crippen LogP contribution in [0.2, 0.25) is 0 Å². The van der Waals surface area contributed by atoms with E-state index >= 15 is 0 Å². The molecular weight excluding hydrogens is 301 g/mol. The van der Waals surface area contributed by atoms with Crippen LogP contribution in [0.5, 0.6) is 0 Å². The lowest BCUT2D eigenvalue weighted by molar-refractivity contribution is -0.138. The zero-order valence-electron chi connectivity index (χ0n) is 11.6. The summed E-state index contributed by atoms with van der Waals surface area (Å²) in [5.41, 5.74) is -2.07. The fraction of sp³-hybridized carbons (Fsp3) is 0.357. The van der Waals surface area contributed by atoms with E-state index in [4.69, 9.17) is 10.00 Å². The Morgan fingerprint density at radius 1 is 1.41 bits per heavy atom. The topological polar surface area (TPSA) is 70.4 Å². The van der Waals surface area contributed by atoms with Gasteiger partial charge in [-0.1, -0.05) is 0 Å². The molecule has 0 bridgehead atoms. The van der Waals surface area contributed by atoms with Gasteiger partial charge in [0.25, 0.3) is 0 Å². The van der Waals surface area contributed by atoms with Gasteiger partial charge < -0.3 is 9.53 Å². The van der Waals surface area contributed by atoms with Crippen LogP contribution in [0.25, 0.3) is 0 Å². The highest BCUT2D eigenvalue weighted by molar-refractivity contribution is 5.96. The van der Waals surface area contributed by atoms with Crippen LogP contribution in [0.4, 0.5) is 23.7 Å². The average Bonchev–Trinajstić information content (AvgIpc) is 2.70. The van der Waals surface area contributed by atoms with Crippen molar-refractivity contribution >= 4 is 18.1 Å². The Labute approximate surface area is 123 Å². The van der Waals surface area contributed by atoms with Gasteiger partial charge in [0.2, 0.25) is 0 Å². The lowest BCUT2D eigenvalue weighted by atomic mass is 9.99. The van der Waals surface area contributed by atoms with Crippen LogP contribution < -0.4 is 4.90 Å². The first-order valence-corrected chi connectivity index (χ1v) is 6.28. The Bertz CT molecular complexity index is 679. The van der Waals surface area contributed by atoms with Crippen molar-refractivity contribution in [3.63, 3.8) is 0 Å². The molecular formula is C14H11F3N2O3. The minimum atomic E-state index is -4.75. The SMILES string of the molecule is Cc1c(N2C(=O)O[C@@H](C)[C@@H]2C=O)ccc(C#N)c1C(F)(F)F. The zero-order chi connectivity index (χ0) is 16.7. The normalized spacial score (nSPS) is 21.5. The van der Waals surface area contributed by atoms with Crippen LogP contribution in [0.15, 0.2) is 12.1 Å². The fourth-order valence-corrected chi connectivity index (χ4v) is 2.47. The summed E-state index contributed by atoms with van der Waals surface area (Å²) in [5.74, 6) is 0. The predicted octanol–water partition coefficient (Wildman–Crippen LogP) is 2.80. The molecule has 0 N–H and O–H groups in total. The summed E-state index contributed by atoms with van der Waals surface area (Å²) in [6.45, 7) is 2.62. The number of nitriles is 1. The Morgan fingerprint density at radius 3 is 2.55 bits per heavy atom. The summed E-state index contributed by atoms with van der Waals surface area (Å²) in [7, 11) is 0. The number of rotatable bonds is 2. The van der Waals surface area contributed by atoms with Gasteiger partial charge >= 0.3 is 12.3 Å². The number of halogens is 3. The second kappa shape index (κ2) is 5.33. The van der Waals surface area contributed by atoms with E-state index in [-0.39, 0.29) is 11.3 Å². The summed E-state index contributed by atoms with van der Waals surface area (Å²) < 4.78 is 44.4. The summed E-state index contributed by atoms with van der Waals surface area (Å²) in [4.78, 5) is 23.8. The number of hydrogen-bond donors (Lipinski definition) is 0. The molecule has 1 aliphatic rings. The summed E-state index contributed by atoms with van der Waals surface area (Å²) in [6, 6.07) is 2.65. The van der Waals surface area contributed by atoms with Crippen LogP contribution in [0, 0.1) is 18.3 Å². The minimum absolute atomic E-state index is 0.0993. The van der Waals surface area contributed by atoms with Crippen LogP contribution >= 0.6 is 0 Å². The van der Waals surface area contributed by atoms with Gasteiger partial charge in [-0.3, -0.25) is 4.90 Å². The molecule has 22 heavy (non-hydrogen) atoms. The van der Waals surface area contributed by atoms with Crippen molar-refractivity contribution in [2.24, 2.45) is 0 Å². The maximum absolute atomic E-state index is 13.2. The van der Waals surface area contributed by atoms with Gasteiger partial charge in [0.05, 0.1) is 22.9 Å². The number of cyclic esters (lactones) is 1. The third kappa shape index (κ3) is 2.39. The number of anilines is 1. The van der Waals surface area contributed by atoms with Crippen molar-refractivity contribution in [2.75, 3.05) is 4.90 Å². The monoisotopic (exact) mass is 312 g/mol. The van der Waals surface area contributed by atoms with Gasteiger partial charge in [-0.2, -0.15) is 18.4 Å². The lowest BCUT2D eigenvalue weighted by Crippen LogP contribution is -2.37. The van der Waals surface area contributed by atoms with Gasteiger partial charge in [-0.25, -0.2) is 4.79 Å². The van der Waals surface area contributed by atoms with Crippen LogP contribution in [-0.4, -0.2) is 24.5 Å². The van der Waals surface area contributed by atoms with Crippen molar-refractivity contribution in [1.82, 2.24) is 0 Å². The summed E-state index contributed by atoms with van der Waals surface area (Å²) >= 11 is 0. The first-order chi connectivity index (χ1) is 10.2.